The second kappa shape index (κ2) is 24.2. The minimum absolute atomic E-state index is 0.0325. The highest BCUT2D eigenvalue weighted by molar-refractivity contribution is 5.94. The van der Waals surface area contributed by atoms with Crippen LogP contribution in [-0.2, 0) is 19.1 Å². The van der Waals surface area contributed by atoms with Crippen LogP contribution in [0.3, 0.4) is 0 Å². The van der Waals surface area contributed by atoms with E-state index in [2.05, 4.69) is 54.5 Å². The molecule has 51 heavy (non-hydrogen) atoms. The van der Waals surface area contributed by atoms with Crippen molar-refractivity contribution < 1.29 is 37.9 Å². The normalized spacial score (nSPS) is 15.2. The number of hydrogen-bond donors (Lipinski definition) is 2. The number of quaternary nitrogens is 3. The number of rotatable bonds is 30. The molecule has 1 aromatic carbocycles. The predicted molar refractivity (Wildman–Crippen MR) is 209 cm³/mol. The van der Waals surface area contributed by atoms with Crippen LogP contribution < -0.4 is 9.80 Å². The number of carbonyl (C=O) groups is 3. The van der Waals surface area contributed by atoms with E-state index in [0.717, 1.165) is 57.2 Å². The lowest BCUT2D eigenvalue weighted by Gasteiger charge is -2.39. The van der Waals surface area contributed by atoms with Gasteiger partial charge in [0.1, 0.15) is 30.7 Å². The maximum absolute atomic E-state index is 13.2. The molecule has 1 radical (unpaired) electrons. The Bertz CT molecular complexity index is 1100. The van der Waals surface area contributed by atoms with Crippen LogP contribution in [-0.4, -0.2) is 139 Å². The Labute approximate surface area is 311 Å². The molecule has 4 atom stereocenters. The molecule has 0 saturated carbocycles. The number of ether oxygens (including phenoxy) is 2. The maximum atomic E-state index is 13.2. The number of benzene rings is 1. The van der Waals surface area contributed by atoms with Crippen LogP contribution in [0.2, 0.25) is 0 Å². The Balaban J connectivity index is 2.75. The Hall–Kier alpha value is -2.21. The number of likely N-dealkylation sites (N-methyl/N-ethyl adjacent to an activating group) is 2. The Morgan fingerprint density at radius 3 is 2.04 bits per heavy atom. The quantitative estimate of drug-likeness (QED) is 0.0771. The van der Waals surface area contributed by atoms with Gasteiger partial charge < -0.3 is 28.9 Å². The summed E-state index contributed by atoms with van der Waals surface area (Å²) in [6.45, 7) is 14.3. The highest BCUT2D eigenvalue weighted by Gasteiger charge is 2.32. The predicted octanol–water partition coefficient (Wildman–Crippen LogP) is 5.80. The number of nitrogens with zero attached hydrogens (tertiary/aromatic N) is 3. The molecule has 0 aliphatic rings. The van der Waals surface area contributed by atoms with Gasteiger partial charge in [-0.1, -0.05) is 39.5 Å². The minimum Gasteiger partial charge on any atom is -0.382 e. The van der Waals surface area contributed by atoms with Crippen molar-refractivity contribution in [3.63, 3.8) is 0 Å². The zero-order valence-electron chi connectivity index (χ0n) is 34.2. The van der Waals surface area contributed by atoms with Gasteiger partial charge >= 0.3 is 0 Å². The Kier molecular flexibility index (Phi) is 22.2. The molecule has 10 heteroatoms. The molecule has 0 spiro atoms. The molecule has 0 bridgehead atoms. The summed E-state index contributed by atoms with van der Waals surface area (Å²) >= 11 is 0. The first-order chi connectivity index (χ1) is 23.9. The number of aliphatic hydroxyl groups excluding tert-OH is 1. The fourth-order valence-corrected chi connectivity index (χ4v) is 6.40. The van der Waals surface area contributed by atoms with E-state index >= 15 is 0 Å². The van der Waals surface area contributed by atoms with Gasteiger partial charge in [0.25, 0.3) is 5.91 Å². The smallest absolute Gasteiger partial charge is 0.251 e. The number of aliphatic hydroxyl groups is 1. The van der Waals surface area contributed by atoms with Crippen LogP contribution in [0.1, 0.15) is 102 Å². The van der Waals surface area contributed by atoms with Crippen LogP contribution in [0.4, 0.5) is 5.69 Å². The fourth-order valence-electron chi connectivity index (χ4n) is 6.40. The highest BCUT2D eigenvalue weighted by atomic mass is 16.5. The third kappa shape index (κ3) is 20.6. The summed E-state index contributed by atoms with van der Waals surface area (Å²) < 4.78 is 12.9. The molecule has 0 saturated heterocycles. The molecule has 0 aliphatic heterocycles. The van der Waals surface area contributed by atoms with Crippen molar-refractivity contribution >= 4 is 23.2 Å². The van der Waals surface area contributed by atoms with E-state index in [1.165, 1.54) is 6.42 Å². The molecular weight excluding hydrogens is 644 g/mol. The van der Waals surface area contributed by atoms with Crippen molar-refractivity contribution in [1.29, 1.82) is 0 Å². The van der Waals surface area contributed by atoms with Gasteiger partial charge in [0.05, 0.1) is 81.4 Å². The first-order valence-electron chi connectivity index (χ1n) is 19.5. The maximum Gasteiger partial charge on any atom is 0.251 e. The standard InChI is InChI=1S/C41H75N4O6/c1-11-13-14-16-31-51-35(4)40(48)25-29-45(10,28-24-39(47)34(3)19-15-17-30-50-12-2)33-38(46)32-44(8,9)27-18-26-42-41(49)36-20-22-37(23-21-36)43(5,6)7/h12,20-23,34-35,38,46H,11,13-19,24-33H2,1-10H3/q+2/p+1. The van der Waals surface area contributed by atoms with Gasteiger partial charge in [-0.3, -0.25) is 18.9 Å². The molecule has 10 nitrogen and oxygen atoms in total. The van der Waals surface area contributed by atoms with Gasteiger partial charge in [0.15, 0.2) is 11.9 Å². The number of hydrogen-bond acceptors (Lipinski definition) is 6. The Morgan fingerprint density at radius 2 is 1.43 bits per heavy atom. The van der Waals surface area contributed by atoms with Crippen LogP contribution >= 0.6 is 0 Å². The van der Waals surface area contributed by atoms with Crippen LogP contribution in [0.15, 0.2) is 24.3 Å². The van der Waals surface area contributed by atoms with Gasteiger partial charge in [-0.05, 0) is 57.4 Å². The second-order valence-electron chi connectivity index (χ2n) is 16.4. The van der Waals surface area contributed by atoms with Gasteiger partial charge in [-0.15, -0.1) is 0 Å². The van der Waals surface area contributed by atoms with Crippen molar-refractivity contribution in [2.45, 2.75) is 104 Å². The van der Waals surface area contributed by atoms with Gasteiger partial charge in [-0.2, -0.15) is 0 Å². The van der Waals surface area contributed by atoms with E-state index < -0.39 is 12.2 Å². The molecule has 0 aromatic heterocycles. The number of carbonyl (C=O) groups excluding carboxylic acids is 3. The lowest BCUT2D eigenvalue weighted by Crippen LogP contribution is -2.56. The van der Waals surface area contributed by atoms with Crippen molar-refractivity contribution in [3.05, 3.63) is 36.4 Å². The molecule has 4 unspecified atom stereocenters. The molecule has 1 aromatic rings. The Morgan fingerprint density at radius 1 is 0.804 bits per heavy atom. The van der Waals surface area contributed by atoms with E-state index in [0.29, 0.717) is 77.8 Å². The molecule has 1 rings (SSSR count). The van der Waals surface area contributed by atoms with Crippen LogP contribution in [0.25, 0.3) is 0 Å². The summed E-state index contributed by atoms with van der Waals surface area (Å²) in [5.41, 5.74) is 1.78. The molecule has 2 N–H and O–H groups in total. The highest BCUT2D eigenvalue weighted by Crippen LogP contribution is 2.18. The summed E-state index contributed by atoms with van der Waals surface area (Å²) in [6.07, 6.45) is 7.54. The number of ketones is 2. The summed E-state index contributed by atoms with van der Waals surface area (Å²) in [5.74, 6) is 0.183. The summed E-state index contributed by atoms with van der Waals surface area (Å²) in [5, 5.41) is 14.4. The number of Topliss-reactive ketones (excluding diaryl/α,β-unsaturated/α-hetero) is 2. The van der Waals surface area contributed by atoms with Crippen molar-refractivity contribution in [3.8, 4) is 0 Å². The summed E-state index contributed by atoms with van der Waals surface area (Å²) in [4.78, 5) is 39.0. The number of amides is 1. The van der Waals surface area contributed by atoms with Crippen molar-refractivity contribution in [1.82, 2.24) is 9.80 Å². The van der Waals surface area contributed by atoms with Crippen molar-refractivity contribution in [2.24, 2.45) is 5.92 Å². The monoisotopic (exact) mass is 721 g/mol. The van der Waals surface area contributed by atoms with Crippen LogP contribution in [0.5, 0.6) is 0 Å². The van der Waals surface area contributed by atoms with E-state index in [1.807, 2.05) is 45.0 Å². The number of nitrogens with one attached hydrogen (secondary N) is 1. The topological polar surface area (TPSA) is 102 Å². The van der Waals surface area contributed by atoms with E-state index in [4.69, 9.17) is 9.47 Å². The third-order valence-corrected chi connectivity index (χ3v) is 9.97. The van der Waals surface area contributed by atoms with Crippen molar-refractivity contribution in [2.75, 3.05) is 94.8 Å². The third-order valence-electron chi connectivity index (χ3n) is 9.97. The lowest BCUT2D eigenvalue weighted by atomic mass is 9.97. The summed E-state index contributed by atoms with van der Waals surface area (Å²) in [7, 11) is 12.5. The first-order valence-corrected chi connectivity index (χ1v) is 19.5. The van der Waals surface area contributed by atoms with E-state index in [-0.39, 0.29) is 23.4 Å². The molecule has 293 valence electrons. The van der Waals surface area contributed by atoms with E-state index in [1.54, 1.807) is 6.61 Å². The molecule has 0 aliphatic carbocycles. The molecule has 1 amide bonds. The molecule has 0 fully saturated rings. The van der Waals surface area contributed by atoms with E-state index in [9.17, 15) is 19.5 Å². The SMILES string of the molecule is C[CH]OCCCCC(C)C(=O)CC[N+](C)(CCC(=O)C(C)OCCCCCC)CC(O)C[N+](C)(C)CCCNC(=O)c1ccc([N+](C)(C)C)cc1. The zero-order chi connectivity index (χ0) is 38.5. The molecule has 0 heterocycles. The average molecular weight is 721 g/mol. The largest absolute Gasteiger partial charge is 0.382 e. The second-order valence-corrected chi connectivity index (χ2v) is 16.4. The lowest BCUT2D eigenvalue weighted by molar-refractivity contribution is -0.925. The zero-order valence-corrected chi connectivity index (χ0v) is 34.2. The first kappa shape index (κ1) is 46.8. The number of unbranched alkanes of at least 4 members (excludes halogenated alkanes) is 4. The van der Waals surface area contributed by atoms with Gasteiger partial charge in [-0.25, -0.2) is 0 Å². The molecular formula is C41H76N4O6+3. The van der Waals surface area contributed by atoms with Crippen LogP contribution in [0, 0.1) is 12.5 Å². The average Bonchev–Trinajstić information content (AvgIpc) is 3.06. The van der Waals surface area contributed by atoms with Gasteiger partial charge in [0.2, 0.25) is 0 Å². The minimum atomic E-state index is -0.621. The fraction of sp³-hybridized carbons (Fsp3) is 0.756. The van der Waals surface area contributed by atoms with Gasteiger partial charge in [0, 0.05) is 37.7 Å². The summed E-state index contributed by atoms with van der Waals surface area (Å²) in [6, 6.07) is 7.71.